The fourth-order valence-electron chi connectivity index (χ4n) is 1.20. The van der Waals surface area contributed by atoms with Gasteiger partial charge in [0.05, 0.1) is 0 Å². The van der Waals surface area contributed by atoms with Gasteiger partial charge in [-0.3, -0.25) is 0 Å². The summed E-state index contributed by atoms with van der Waals surface area (Å²) in [6.07, 6.45) is 4.95. The average Bonchev–Trinajstić information content (AvgIpc) is 2.09. The van der Waals surface area contributed by atoms with Crippen molar-refractivity contribution in [3.8, 4) is 12.3 Å². The van der Waals surface area contributed by atoms with Crippen LogP contribution >= 0.6 is 0 Å². The lowest BCUT2D eigenvalue weighted by Crippen LogP contribution is -2.22. The fourth-order valence-corrected chi connectivity index (χ4v) is 1.20. The van der Waals surface area contributed by atoms with Crippen molar-refractivity contribution in [3.63, 3.8) is 0 Å². The first kappa shape index (κ1) is 10.7. The topological polar surface area (TPSA) is 20.2 Å². The summed E-state index contributed by atoms with van der Waals surface area (Å²) in [5, 5.41) is 9.74. The van der Waals surface area contributed by atoms with E-state index in [0.717, 1.165) is 18.2 Å². The zero-order valence-electron chi connectivity index (χ0n) is 7.72. The molecule has 0 aliphatic carbocycles. The van der Waals surface area contributed by atoms with Crippen molar-refractivity contribution in [2.24, 2.45) is 0 Å². The number of terminal acetylenes is 1. The Bertz CT molecular complexity index is 377. The predicted octanol–water partition coefficient (Wildman–Crippen LogP) is 2.20. The van der Waals surface area contributed by atoms with Gasteiger partial charge in [-0.1, -0.05) is 0 Å². The van der Waals surface area contributed by atoms with Crippen molar-refractivity contribution in [3.05, 3.63) is 35.4 Å². The Labute approximate surface area is 81.4 Å². The molecule has 1 aromatic rings. The summed E-state index contributed by atoms with van der Waals surface area (Å²) in [5.41, 5.74) is -1.64. The molecular formula is C11H10F2O. The second kappa shape index (κ2) is 3.77. The highest BCUT2D eigenvalue weighted by atomic mass is 19.1. The quantitative estimate of drug-likeness (QED) is 0.719. The summed E-state index contributed by atoms with van der Waals surface area (Å²) in [6, 6.07) is 2.91. The second-order valence-corrected chi connectivity index (χ2v) is 3.28. The maximum absolute atomic E-state index is 13.2. The van der Waals surface area contributed by atoms with Crippen molar-refractivity contribution in [1.82, 2.24) is 0 Å². The lowest BCUT2D eigenvalue weighted by molar-refractivity contribution is 0.0587. The Morgan fingerprint density at radius 2 is 2.14 bits per heavy atom. The third kappa shape index (κ3) is 2.09. The Morgan fingerprint density at radius 3 is 2.71 bits per heavy atom. The molecule has 0 fully saturated rings. The van der Waals surface area contributed by atoms with E-state index in [1.54, 1.807) is 0 Å². The van der Waals surface area contributed by atoms with Gasteiger partial charge in [-0.25, -0.2) is 8.78 Å². The molecule has 0 radical (unpaired) electrons. The maximum atomic E-state index is 13.2. The molecule has 0 heterocycles. The van der Waals surface area contributed by atoms with Crippen LogP contribution in [0.3, 0.4) is 0 Å². The Morgan fingerprint density at radius 1 is 1.50 bits per heavy atom. The van der Waals surface area contributed by atoms with Gasteiger partial charge < -0.3 is 5.11 Å². The van der Waals surface area contributed by atoms with Gasteiger partial charge in [-0.05, 0) is 25.1 Å². The molecule has 0 spiro atoms. The summed E-state index contributed by atoms with van der Waals surface area (Å²) in [6.45, 7) is 1.35. The fraction of sp³-hybridized carbons (Fsp3) is 0.273. The first-order valence-electron chi connectivity index (χ1n) is 4.09. The van der Waals surface area contributed by atoms with Crippen LogP contribution in [0.15, 0.2) is 18.2 Å². The number of rotatable bonds is 2. The van der Waals surface area contributed by atoms with Crippen molar-refractivity contribution in [2.45, 2.75) is 18.9 Å². The summed E-state index contributed by atoms with van der Waals surface area (Å²) in [4.78, 5) is 0. The first-order chi connectivity index (χ1) is 6.47. The van der Waals surface area contributed by atoms with Crippen molar-refractivity contribution >= 4 is 0 Å². The number of benzene rings is 1. The minimum absolute atomic E-state index is 0.0621. The molecule has 0 amide bonds. The molecule has 0 saturated carbocycles. The van der Waals surface area contributed by atoms with Gasteiger partial charge in [0, 0.05) is 12.0 Å². The zero-order chi connectivity index (χ0) is 10.8. The van der Waals surface area contributed by atoms with Gasteiger partial charge in [-0.15, -0.1) is 12.3 Å². The summed E-state index contributed by atoms with van der Waals surface area (Å²) < 4.78 is 26.0. The standard InChI is InChI=1S/C11H10F2O/c1-3-6-11(2,14)9-7-8(12)4-5-10(9)13/h1,4-5,7,14H,6H2,2H3/t11-/m1/s1. The Balaban J connectivity index is 3.18. The molecular weight excluding hydrogens is 186 g/mol. The summed E-state index contributed by atoms with van der Waals surface area (Å²) >= 11 is 0. The minimum atomic E-state index is -1.53. The van der Waals surface area contributed by atoms with Crippen LogP contribution < -0.4 is 0 Å². The molecule has 0 aliphatic heterocycles. The minimum Gasteiger partial charge on any atom is -0.384 e. The third-order valence-corrected chi connectivity index (χ3v) is 1.95. The van der Waals surface area contributed by atoms with Crippen LogP contribution in [-0.2, 0) is 5.60 Å². The molecule has 0 saturated heterocycles. The highest BCUT2D eigenvalue weighted by Gasteiger charge is 2.25. The first-order valence-corrected chi connectivity index (χ1v) is 4.09. The number of aliphatic hydroxyl groups is 1. The molecule has 1 rings (SSSR count). The number of hydrogen-bond acceptors (Lipinski definition) is 1. The van der Waals surface area contributed by atoms with Gasteiger partial charge in [0.25, 0.3) is 0 Å². The molecule has 74 valence electrons. The average molecular weight is 196 g/mol. The van der Waals surface area contributed by atoms with E-state index in [4.69, 9.17) is 6.42 Å². The van der Waals surface area contributed by atoms with Crippen LogP contribution in [0.2, 0.25) is 0 Å². The zero-order valence-corrected chi connectivity index (χ0v) is 7.72. The molecule has 1 aromatic carbocycles. The van der Waals surface area contributed by atoms with Gasteiger partial charge >= 0.3 is 0 Å². The lowest BCUT2D eigenvalue weighted by Gasteiger charge is -2.21. The molecule has 14 heavy (non-hydrogen) atoms. The number of hydrogen-bond donors (Lipinski definition) is 1. The molecule has 0 unspecified atom stereocenters. The molecule has 0 aromatic heterocycles. The number of halogens is 2. The van der Waals surface area contributed by atoms with Crippen LogP contribution in [0, 0.1) is 24.0 Å². The van der Waals surface area contributed by atoms with E-state index >= 15 is 0 Å². The van der Waals surface area contributed by atoms with Crippen LogP contribution in [0.5, 0.6) is 0 Å². The van der Waals surface area contributed by atoms with Crippen LogP contribution in [0.25, 0.3) is 0 Å². The van der Waals surface area contributed by atoms with Gasteiger partial charge in [-0.2, -0.15) is 0 Å². The summed E-state index contributed by atoms with van der Waals surface area (Å²) in [7, 11) is 0. The molecule has 3 heteroatoms. The maximum Gasteiger partial charge on any atom is 0.129 e. The highest BCUT2D eigenvalue weighted by molar-refractivity contribution is 5.25. The molecule has 1 atom stereocenters. The molecule has 0 aliphatic rings. The summed E-state index contributed by atoms with van der Waals surface area (Å²) in [5.74, 6) is 0.955. The largest absolute Gasteiger partial charge is 0.384 e. The van der Waals surface area contributed by atoms with E-state index in [2.05, 4.69) is 5.92 Å². The van der Waals surface area contributed by atoms with Crippen LogP contribution in [-0.4, -0.2) is 5.11 Å². The van der Waals surface area contributed by atoms with Crippen molar-refractivity contribution in [1.29, 1.82) is 0 Å². The Hall–Kier alpha value is -1.40. The van der Waals surface area contributed by atoms with E-state index in [1.807, 2.05) is 0 Å². The van der Waals surface area contributed by atoms with E-state index in [0.29, 0.717) is 0 Å². The molecule has 1 N–H and O–H groups in total. The van der Waals surface area contributed by atoms with E-state index in [-0.39, 0.29) is 12.0 Å². The van der Waals surface area contributed by atoms with Crippen molar-refractivity contribution in [2.75, 3.05) is 0 Å². The van der Waals surface area contributed by atoms with E-state index in [1.165, 1.54) is 6.92 Å². The monoisotopic (exact) mass is 196 g/mol. The van der Waals surface area contributed by atoms with E-state index < -0.39 is 17.2 Å². The normalized spacial score (nSPS) is 14.5. The Kier molecular flexibility index (Phi) is 2.87. The van der Waals surface area contributed by atoms with Crippen molar-refractivity contribution < 1.29 is 13.9 Å². The van der Waals surface area contributed by atoms with Gasteiger partial charge in [0.1, 0.15) is 17.2 Å². The highest BCUT2D eigenvalue weighted by Crippen LogP contribution is 2.26. The molecule has 0 bridgehead atoms. The SMILES string of the molecule is C#CC[C@@](C)(O)c1cc(F)ccc1F. The van der Waals surface area contributed by atoms with Crippen LogP contribution in [0.1, 0.15) is 18.9 Å². The lowest BCUT2D eigenvalue weighted by atomic mass is 9.92. The van der Waals surface area contributed by atoms with Crippen LogP contribution in [0.4, 0.5) is 8.78 Å². The third-order valence-electron chi connectivity index (χ3n) is 1.95. The predicted molar refractivity (Wildman–Crippen MR) is 49.4 cm³/mol. The molecule has 1 nitrogen and oxygen atoms in total. The van der Waals surface area contributed by atoms with Gasteiger partial charge in [0.2, 0.25) is 0 Å². The second-order valence-electron chi connectivity index (χ2n) is 3.28. The van der Waals surface area contributed by atoms with Gasteiger partial charge in [0.15, 0.2) is 0 Å². The smallest absolute Gasteiger partial charge is 0.129 e. The van der Waals surface area contributed by atoms with E-state index in [9.17, 15) is 13.9 Å².